The van der Waals surface area contributed by atoms with Crippen LogP contribution in [0.5, 0.6) is 5.75 Å². The summed E-state index contributed by atoms with van der Waals surface area (Å²) in [6.07, 6.45) is 8.60. The maximum absolute atomic E-state index is 11.9. The maximum Gasteiger partial charge on any atom is 0.276 e. The first kappa shape index (κ1) is 15.8. The second-order valence-corrected chi connectivity index (χ2v) is 6.45. The molecule has 3 rings (SSSR count). The van der Waals surface area contributed by atoms with Gasteiger partial charge in [-0.15, -0.1) is 0 Å². The third kappa shape index (κ3) is 4.24. The molecule has 0 aromatic heterocycles. The number of aryl methyl sites for hydroxylation is 2. The van der Waals surface area contributed by atoms with Crippen LogP contribution < -0.4 is 15.6 Å². The van der Waals surface area contributed by atoms with Crippen LogP contribution in [0.4, 0.5) is 0 Å². The topological polar surface area (TPSA) is 67.4 Å². The van der Waals surface area contributed by atoms with E-state index in [1.54, 1.807) is 0 Å². The molecule has 0 unspecified atom stereocenters. The van der Waals surface area contributed by atoms with Crippen molar-refractivity contribution in [3.63, 3.8) is 0 Å². The van der Waals surface area contributed by atoms with Crippen molar-refractivity contribution >= 4 is 11.8 Å². The zero-order valence-corrected chi connectivity index (χ0v) is 13.4. The first-order valence-electron chi connectivity index (χ1n) is 8.55. The van der Waals surface area contributed by atoms with Crippen molar-refractivity contribution in [2.45, 2.75) is 51.4 Å². The van der Waals surface area contributed by atoms with Gasteiger partial charge in [0.2, 0.25) is 5.91 Å². The van der Waals surface area contributed by atoms with Crippen LogP contribution in [-0.2, 0) is 22.4 Å². The summed E-state index contributed by atoms with van der Waals surface area (Å²) < 4.78 is 5.51. The van der Waals surface area contributed by atoms with E-state index in [4.69, 9.17) is 4.74 Å². The van der Waals surface area contributed by atoms with Crippen LogP contribution in [0.2, 0.25) is 0 Å². The lowest BCUT2D eigenvalue weighted by molar-refractivity contribution is -0.132. The predicted molar refractivity (Wildman–Crippen MR) is 86.8 cm³/mol. The van der Waals surface area contributed by atoms with E-state index in [1.807, 2.05) is 12.1 Å². The monoisotopic (exact) mass is 316 g/mol. The van der Waals surface area contributed by atoms with Gasteiger partial charge in [0.05, 0.1) is 0 Å². The molecule has 0 heterocycles. The average Bonchev–Trinajstić information content (AvgIpc) is 3.06. The van der Waals surface area contributed by atoms with E-state index in [1.165, 1.54) is 24.0 Å². The highest BCUT2D eigenvalue weighted by molar-refractivity contribution is 5.84. The summed E-state index contributed by atoms with van der Waals surface area (Å²) in [5, 5.41) is 0. The van der Waals surface area contributed by atoms with Gasteiger partial charge in [0.1, 0.15) is 5.75 Å². The third-order valence-corrected chi connectivity index (χ3v) is 4.74. The molecule has 5 heteroatoms. The van der Waals surface area contributed by atoms with Gasteiger partial charge in [-0.3, -0.25) is 20.4 Å². The molecule has 23 heavy (non-hydrogen) atoms. The van der Waals surface area contributed by atoms with E-state index in [2.05, 4.69) is 16.9 Å². The molecule has 0 bridgehead atoms. The van der Waals surface area contributed by atoms with Gasteiger partial charge in [0.25, 0.3) is 5.91 Å². The van der Waals surface area contributed by atoms with Gasteiger partial charge >= 0.3 is 0 Å². The van der Waals surface area contributed by atoms with Crippen LogP contribution >= 0.6 is 0 Å². The number of nitrogens with one attached hydrogen (secondary N) is 2. The number of hydrazine groups is 1. The van der Waals surface area contributed by atoms with E-state index in [9.17, 15) is 9.59 Å². The quantitative estimate of drug-likeness (QED) is 0.838. The van der Waals surface area contributed by atoms with Crippen molar-refractivity contribution in [2.24, 2.45) is 5.92 Å². The number of carbonyl (C=O) groups is 2. The van der Waals surface area contributed by atoms with Gasteiger partial charge in [-0.2, -0.15) is 0 Å². The fourth-order valence-electron chi connectivity index (χ4n) is 3.42. The molecule has 1 aromatic rings. The van der Waals surface area contributed by atoms with Crippen LogP contribution in [0.25, 0.3) is 0 Å². The average molecular weight is 316 g/mol. The SMILES string of the molecule is O=C(COc1ccc2c(c1)CCC2)NNC(=O)C1CCCCC1. The Balaban J connectivity index is 1.40. The highest BCUT2D eigenvalue weighted by Crippen LogP contribution is 2.26. The fraction of sp³-hybridized carbons (Fsp3) is 0.556. The second kappa shape index (κ2) is 7.49. The zero-order chi connectivity index (χ0) is 16.1. The summed E-state index contributed by atoms with van der Waals surface area (Å²) >= 11 is 0. The largest absolute Gasteiger partial charge is 0.484 e. The number of benzene rings is 1. The summed E-state index contributed by atoms with van der Waals surface area (Å²) in [4.78, 5) is 23.7. The van der Waals surface area contributed by atoms with Gasteiger partial charge < -0.3 is 4.74 Å². The van der Waals surface area contributed by atoms with E-state index in [-0.39, 0.29) is 24.3 Å². The van der Waals surface area contributed by atoms with Gasteiger partial charge in [0, 0.05) is 5.92 Å². The molecule has 0 aliphatic heterocycles. The van der Waals surface area contributed by atoms with Gasteiger partial charge in [-0.05, 0) is 55.4 Å². The van der Waals surface area contributed by atoms with E-state index in [0.29, 0.717) is 5.75 Å². The van der Waals surface area contributed by atoms with Gasteiger partial charge in [0.15, 0.2) is 6.61 Å². The Hall–Kier alpha value is -2.04. The highest BCUT2D eigenvalue weighted by Gasteiger charge is 2.21. The molecular weight excluding hydrogens is 292 g/mol. The molecule has 1 aromatic carbocycles. The predicted octanol–water partition coefficient (Wildman–Crippen LogP) is 2.28. The highest BCUT2D eigenvalue weighted by atomic mass is 16.5. The smallest absolute Gasteiger partial charge is 0.276 e. The number of fused-ring (bicyclic) bond motifs is 1. The number of hydrogen-bond acceptors (Lipinski definition) is 3. The molecule has 1 fully saturated rings. The number of ether oxygens (including phenoxy) is 1. The van der Waals surface area contributed by atoms with E-state index < -0.39 is 0 Å². The molecule has 5 nitrogen and oxygen atoms in total. The summed E-state index contributed by atoms with van der Waals surface area (Å²) in [7, 11) is 0. The Bertz CT molecular complexity index is 580. The third-order valence-electron chi connectivity index (χ3n) is 4.74. The lowest BCUT2D eigenvalue weighted by Crippen LogP contribution is -2.46. The van der Waals surface area contributed by atoms with E-state index >= 15 is 0 Å². The summed E-state index contributed by atoms with van der Waals surface area (Å²) in [6.45, 7) is -0.0935. The van der Waals surface area contributed by atoms with Crippen molar-refractivity contribution < 1.29 is 14.3 Å². The lowest BCUT2D eigenvalue weighted by Gasteiger charge is -2.20. The second-order valence-electron chi connectivity index (χ2n) is 6.45. The summed E-state index contributed by atoms with van der Waals surface area (Å²) in [5.74, 6) is 0.311. The first-order valence-corrected chi connectivity index (χ1v) is 8.55. The molecule has 1 saturated carbocycles. The molecule has 0 saturated heterocycles. The van der Waals surface area contributed by atoms with Crippen molar-refractivity contribution in [1.82, 2.24) is 10.9 Å². The minimum atomic E-state index is -0.338. The normalized spacial score (nSPS) is 17.4. The molecule has 2 N–H and O–H groups in total. The fourth-order valence-corrected chi connectivity index (χ4v) is 3.42. The Kier molecular flexibility index (Phi) is 5.16. The van der Waals surface area contributed by atoms with Gasteiger partial charge in [-0.1, -0.05) is 25.3 Å². The summed E-state index contributed by atoms with van der Waals surface area (Å²) in [5.41, 5.74) is 7.64. The summed E-state index contributed by atoms with van der Waals surface area (Å²) in [6, 6.07) is 5.98. The van der Waals surface area contributed by atoms with Gasteiger partial charge in [-0.25, -0.2) is 0 Å². The molecule has 2 aliphatic carbocycles. The Morgan fingerprint density at radius 2 is 1.78 bits per heavy atom. The van der Waals surface area contributed by atoms with Crippen molar-refractivity contribution in [3.05, 3.63) is 29.3 Å². The van der Waals surface area contributed by atoms with Crippen LogP contribution in [0.3, 0.4) is 0 Å². The Labute approximate surface area is 136 Å². The first-order chi connectivity index (χ1) is 11.2. The van der Waals surface area contributed by atoms with Crippen LogP contribution in [0.1, 0.15) is 49.7 Å². The molecule has 0 atom stereocenters. The van der Waals surface area contributed by atoms with Crippen molar-refractivity contribution in [3.8, 4) is 5.75 Å². The van der Waals surface area contributed by atoms with Crippen molar-refractivity contribution in [2.75, 3.05) is 6.61 Å². The molecular formula is C18H24N2O3. The number of rotatable bonds is 4. The number of hydrogen-bond donors (Lipinski definition) is 2. The maximum atomic E-state index is 11.9. The standard InChI is InChI=1S/C18H24N2O3/c21-17(19-20-18(22)14-5-2-1-3-6-14)12-23-16-10-9-13-7-4-8-15(13)11-16/h9-11,14H,1-8,12H2,(H,19,21)(H,20,22). The van der Waals surface area contributed by atoms with Crippen LogP contribution in [0.15, 0.2) is 18.2 Å². The lowest BCUT2D eigenvalue weighted by atomic mass is 9.89. The number of amides is 2. The van der Waals surface area contributed by atoms with Crippen LogP contribution in [0, 0.1) is 5.92 Å². The molecule has 0 radical (unpaired) electrons. The van der Waals surface area contributed by atoms with E-state index in [0.717, 1.165) is 38.5 Å². The molecule has 0 spiro atoms. The molecule has 2 amide bonds. The molecule has 2 aliphatic rings. The minimum absolute atomic E-state index is 0.0293. The Morgan fingerprint density at radius 1 is 1.00 bits per heavy atom. The molecule has 124 valence electrons. The van der Waals surface area contributed by atoms with Crippen LogP contribution in [-0.4, -0.2) is 18.4 Å². The Morgan fingerprint density at radius 3 is 2.61 bits per heavy atom. The number of carbonyl (C=O) groups excluding carboxylic acids is 2. The van der Waals surface area contributed by atoms with Crippen molar-refractivity contribution in [1.29, 1.82) is 0 Å². The zero-order valence-electron chi connectivity index (χ0n) is 13.4. The minimum Gasteiger partial charge on any atom is -0.484 e.